The fraction of sp³-hybridized carbons (Fsp3) is 0.391. The Morgan fingerprint density at radius 1 is 1.12 bits per heavy atom. The van der Waals surface area contributed by atoms with E-state index in [4.69, 9.17) is 25.8 Å². The highest BCUT2D eigenvalue weighted by molar-refractivity contribution is 6.30. The van der Waals surface area contributed by atoms with Crippen molar-refractivity contribution in [2.75, 3.05) is 40.1 Å². The van der Waals surface area contributed by atoms with E-state index in [9.17, 15) is 9.59 Å². The number of nitrogens with zero attached hydrogens (tertiary/aromatic N) is 3. The summed E-state index contributed by atoms with van der Waals surface area (Å²) in [5, 5.41) is 3.71. The minimum Gasteiger partial charge on any atom is -0.382 e. The van der Waals surface area contributed by atoms with E-state index < -0.39 is 0 Å². The van der Waals surface area contributed by atoms with E-state index in [0.717, 1.165) is 0 Å². The molecule has 0 radical (unpaired) electrons. The summed E-state index contributed by atoms with van der Waals surface area (Å²) in [5.41, 5.74) is 1.87. The van der Waals surface area contributed by atoms with Gasteiger partial charge in [0.2, 0.25) is 0 Å². The van der Waals surface area contributed by atoms with Gasteiger partial charge in [-0.05, 0) is 31.2 Å². The quantitative estimate of drug-likeness (QED) is 0.402. The lowest BCUT2D eigenvalue weighted by molar-refractivity contribution is 0.0229. The Balaban J connectivity index is 1.63. The van der Waals surface area contributed by atoms with Crippen molar-refractivity contribution < 1.29 is 19.0 Å². The predicted molar refractivity (Wildman–Crippen MR) is 125 cm³/mol. The topological polar surface area (TPSA) is 105 Å². The highest BCUT2D eigenvalue weighted by Gasteiger charge is 2.14. The van der Waals surface area contributed by atoms with Crippen molar-refractivity contribution in [3.05, 3.63) is 69.0 Å². The summed E-state index contributed by atoms with van der Waals surface area (Å²) >= 11 is 5.84. The van der Waals surface area contributed by atoms with Crippen molar-refractivity contribution in [3.8, 4) is 0 Å². The van der Waals surface area contributed by atoms with Crippen molar-refractivity contribution >= 4 is 28.4 Å². The summed E-state index contributed by atoms with van der Waals surface area (Å²) in [7, 11) is 1.62. The number of hydrogen-bond donors (Lipinski definition) is 1. The zero-order chi connectivity index (χ0) is 23.6. The van der Waals surface area contributed by atoms with Crippen LogP contribution in [0.5, 0.6) is 0 Å². The number of rotatable bonds is 12. The first-order valence-corrected chi connectivity index (χ1v) is 10.9. The molecule has 33 heavy (non-hydrogen) atoms. The van der Waals surface area contributed by atoms with Gasteiger partial charge < -0.3 is 24.1 Å². The fourth-order valence-electron chi connectivity index (χ4n) is 3.12. The molecule has 0 saturated heterocycles. The second kappa shape index (κ2) is 12.4. The molecular weight excluding hydrogens is 448 g/mol. The molecule has 3 aromatic rings. The Kier molecular flexibility index (Phi) is 9.32. The van der Waals surface area contributed by atoms with Gasteiger partial charge >= 0.3 is 0 Å². The average molecular weight is 475 g/mol. The number of aromatic nitrogens is 3. The molecule has 0 unspecified atom stereocenters. The molecule has 0 aliphatic carbocycles. The van der Waals surface area contributed by atoms with Crippen LogP contribution in [0.2, 0.25) is 5.02 Å². The number of hydrogen-bond acceptors (Lipinski definition) is 7. The first-order chi connectivity index (χ1) is 16.0. The molecule has 1 N–H and O–H groups in total. The number of amides is 1. The highest BCUT2D eigenvalue weighted by Crippen LogP contribution is 2.14. The number of ether oxygens (including phenoxy) is 3. The van der Waals surface area contributed by atoms with Gasteiger partial charge in [0.05, 0.1) is 72.5 Å². The molecule has 0 aliphatic heterocycles. The third kappa shape index (κ3) is 7.06. The first kappa shape index (κ1) is 24.8. The summed E-state index contributed by atoms with van der Waals surface area (Å²) in [5.74, 6) is -0.328. The summed E-state index contributed by atoms with van der Waals surface area (Å²) in [6.07, 6.45) is 3.20. The maximum absolute atomic E-state index is 12.9. The number of carbonyl (C=O) groups excluding carboxylic acids is 1. The van der Waals surface area contributed by atoms with Crippen LogP contribution >= 0.6 is 11.6 Å². The molecule has 9 nitrogen and oxygen atoms in total. The minimum absolute atomic E-state index is 0.228. The lowest BCUT2D eigenvalue weighted by atomic mass is 10.1. The van der Waals surface area contributed by atoms with Crippen LogP contribution in [0.3, 0.4) is 0 Å². The Bertz CT molecular complexity index is 1130. The van der Waals surface area contributed by atoms with Gasteiger partial charge in [-0.1, -0.05) is 11.6 Å². The molecule has 0 fully saturated rings. The summed E-state index contributed by atoms with van der Waals surface area (Å²) < 4.78 is 17.3. The predicted octanol–water partition coefficient (Wildman–Crippen LogP) is 2.36. The average Bonchev–Trinajstić information content (AvgIpc) is 2.81. The van der Waals surface area contributed by atoms with Gasteiger partial charge in [-0.3, -0.25) is 19.6 Å². The van der Waals surface area contributed by atoms with Crippen LogP contribution in [0.4, 0.5) is 0 Å². The second-order valence-corrected chi connectivity index (χ2v) is 7.67. The van der Waals surface area contributed by atoms with E-state index >= 15 is 0 Å². The minimum atomic E-state index is -0.328. The normalized spacial score (nSPS) is 11.1. The number of methoxy groups -OCH3 is 1. The molecule has 3 rings (SSSR count). The zero-order valence-electron chi connectivity index (χ0n) is 18.7. The van der Waals surface area contributed by atoms with Crippen LogP contribution in [0.1, 0.15) is 21.7 Å². The maximum atomic E-state index is 12.9. The Labute approximate surface area is 196 Å². The van der Waals surface area contributed by atoms with E-state index in [-0.39, 0.29) is 18.0 Å². The number of fused-ring (bicyclic) bond motifs is 1. The summed E-state index contributed by atoms with van der Waals surface area (Å²) in [4.78, 5) is 34.3. The Morgan fingerprint density at radius 3 is 2.61 bits per heavy atom. The molecule has 3 aromatic heterocycles. The third-order valence-electron chi connectivity index (χ3n) is 4.89. The zero-order valence-corrected chi connectivity index (χ0v) is 19.4. The molecule has 10 heteroatoms. The van der Waals surface area contributed by atoms with E-state index in [1.807, 2.05) is 0 Å². The Hall–Kier alpha value is -2.85. The number of carbonyl (C=O) groups is 1. The molecule has 1 amide bonds. The fourth-order valence-corrected chi connectivity index (χ4v) is 3.23. The molecule has 0 atom stereocenters. The molecular formula is C23H27ClN4O5. The van der Waals surface area contributed by atoms with Crippen LogP contribution in [0.15, 0.2) is 41.5 Å². The first-order valence-electron chi connectivity index (χ1n) is 10.5. The highest BCUT2D eigenvalue weighted by atomic mass is 35.5. The molecule has 176 valence electrons. The van der Waals surface area contributed by atoms with Gasteiger partial charge in [0.25, 0.3) is 11.5 Å². The maximum Gasteiger partial charge on any atom is 0.260 e. The van der Waals surface area contributed by atoms with Gasteiger partial charge in [0, 0.05) is 26.0 Å². The van der Waals surface area contributed by atoms with Gasteiger partial charge in [0.1, 0.15) is 0 Å². The number of halogens is 1. The smallest absolute Gasteiger partial charge is 0.260 e. The third-order valence-corrected chi connectivity index (χ3v) is 5.11. The summed E-state index contributed by atoms with van der Waals surface area (Å²) in [6, 6.07) is 6.79. The molecule has 0 bridgehead atoms. The lowest BCUT2D eigenvalue weighted by Crippen LogP contribution is -2.26. The van der Waals surface area contributed by atoms with Gasteiger partial charge in [-0.25, -0.2) is 0 Å². The lowest BCUT2D eigenvalue weighted by Gasteiger charge is -2.11. The number of pyridine rings is 3. The van der Waals surface area contributed by atoms with E-state index in [1.165, 1.54) is 6.20 Å². The molecule has 0 aromatic carbocycles. The number of aryl methyl sites for hydroxylation is 1. The SMILES string of the molecule is COCCOCCOCCn1ccc2nc(C)c(C(=O)NCc3ccc(Cl)cn3)cc2c1=O. The van der Waals surface area contributed by atoms with Crippen LogP contribution in [-0.2, 0) is 27.3 Å². The molecule has 0 spiro atoms. The molecule has 0 saturated carbocycles. The van der Waals surface area contributed by atoms with Gasteiger partial charge in [0.15, 0.2) is 0 Å². The number of nitrogens with one attached hydrogen (secondary N) is 1. The monoisotopic (exact) mass is 474 g/mol. The van der Waals surface area contributed by atoms with Crippen LogP contribution in [0, 0.1) is 6.92 Å². The van der Waals surface area contributed by atoms with Crippen LogP contribution in [0.25, 0.3) is 10.9 Å². The van der Waals surface area contributed by atoms with E-state index in [0.29, 0.717) is 72.5 Å². The van der Waals surface area contributed by atoms with Gasteiger partial charge in [-0.2, -0.15) is 0 Å². The van der Waals surface area contributed by atoms with E-state index in [2.05, 4.69) is 15.3 Å². The van der Waals surface area contributed by atoms with Crippen molar-refractivity contribution in [2.45, 2.75) is 20.0 Å². The molecule has 3 heterocycles. The van der Waals surface area contributed by atoms with Crippen molar-refractivity contribution in [3.63, 3.8) is 0 Å². The largest absolute Gasteiger partial charge is 0.382 e. The van der Waals surface area contributed by atoms with E-state index in [1.54, 1.807) is 49.1 Å². The van der Waals surface area contributed by atoms with Crippen molar-refractivity contribution in [2.24, 2.45) is 0 Å². The standard InChI is InChI=1S/C23H27ClN4O5/c1-16-19(22(29)26-15-18-4-3-17(24)14-25-18)13-20-21(27-16)5-6-28(23(20)30)7-8-32-11-12-33-10-9-31-2/h3-6,13-14H,7-12,15H2,1-2H3,(H,26,29). The molecule has 0 aliphatic rings. The summed E-state index contributed by atoms with van der Waals surface area (Å²) in [6.45, 7) is 4.66. The van der Waals surface area contributed by atoms with Gasteiger partial charge in [-0.15, -0.1) is 0 Å². The Morgan fingerprint density at radius 2 is 1.88 bits per heavy atom. The van der Waals surface area contributed by atoms with Crippen LogP contribution < -0.4 is 10.9 Å². The van der Waals surface area contributed by atoms with Crippen LogP contribution in [-0.4, -0.2) is 60.6 Å². The van der Waals surface area contributed by atoms with Crippen molar-refractivity contribution in [1.29, 1.82) is 0 Å². The second-order valence-electron chi connectivity index (χ2n) is 7.24. The van der Waals surface area contributed by atoms with Crippen molar-refractivity contribution in [1.82, 2.24) is 19.9 Å².